The van der Waals surface area contributed by atoms with E-state index in [0.717, 1.165) is 83.8 Å². The first-order chi connectivity index (χ1) is 54.1. The molecule has 5 heterocycles. The molecule has 0 atom stereocenters. The Labute approximate surface area is 634 Å². The molecule has 514 valence electrons. The average molecular weight is 1400 g/mol. The number of fused-ring (bicyclic) bond motifs is 21. The molecular weight excluding hydrogens is 1330 g/mol. The van der Waals surface area contributed by atoms with Crippen molar-refractivity contribution >= 4 is 98.0 Å². The minimum atomic E-state index is -0.105. The molecule has 0 saturated carbocycles. The normalized spacial score (nSPS) is 13.6. The summed E-state index contributed by atoms with van der Waals surface area (Å²) in [6.07, 6.45) is 0. The molecule has 3 aliphatic rings. The molecule has 0 fully saturated rings. The van der Waals surface area contributed by atoms with Gasteiger partial charge in [0.2, 0.25) is 0 Å². The second-order valence-corrected chi connectivity index (χ2v) is 31.6. The second-order valence-electron chi connectivity index (χ2n) is 31.6. The molecule has 0 spiro atoms. The molecule has 0 bridgehead atoms. The first-order valence-corrected chi connectivity index (χ1v) is 38.4. The van der Waals surface area contributed by atoms with Crippen molar-refractivity contribution in [3.8, 4) is 112 Å². The Morgan fingerprint density at radius 3 is 1.05 bits per heavy atom. The SMILES string of the molecule is CC1(C)c2ccccc2-c2ccc(-n3c4ccccc4c4cc(-c5ccc6c7ccccc7n(-c7ccc(-c8nc(-c9ccc(-n%10c%11ccccc%11c%11ccc(-c%12ccc%13c(c%12)c%12ccccc%12n%13-c%12ccc%13c(c%12)C(C)(C)c%12ccccc%12-%13)cc%11%10)cc9)c9c(n8)-c8cccc%10cccc-9c8%10)cc7)c6c5)ccc43)cc21. The van der Waals surface area contributed by atoms with Crippen LogP contribution in [-0.2, 0) is 10.8 Å². The molecule has 0 radical (unpaired) electrons. The van der Waals surface area contributed by atoms with Gasteiger partial charge in [0.25, 0.3) is 0 Å². The van der Waals surface area contributed by atoms with Crippen molar-refractivity contribution in [3.05, 3.63) is 362 Å². The maximum atomic E-state index is 5.67. The molecule has 16 aromatic carbocycles. The number of hydrogen-bond acceptors (Lipinski definition) is 2. The standard InChI is InChI=1S/C104H68N6/c1-103(2)86-29-11-5-21-72(86)74-51-47-70(59-88(74)103)109-92-33-15-9-25-78(92)84-55-64(41-53-94(84)109)66-39-49-80-76-23-7-13-31-90(76)107(96(80)57-66)68-43-35-62(36-44-68)100-99-82-27-17-19-61-20-18-28-83(98(61)82)101(99)106-102(105-100)63-37-45-69(46-38-63)108-91-32-14-8-24-77(91)81-50-40-67(58-97(81)108)65-42-54-95-85(56-65)79-26-10-16-34-93(79)110(95)71-48-52-75-73-22-6-12-30-87(73)104(3,4)89(75)60-71/h5-60H,1-4H3. The van der Waals surface area contributed by atoms with Crippen molar-refractivity contribution in [3.63, 3.8) is 0 Å². The molecular formula is C104H68N6. The van der Waals surface area contributed by atoms with Crippen LogP contribution in [0.2, 0.25) is 0 Å². The van der Waals surface area contributed by atoms with E-state index in [0.29, 0.717) is 5.82 Å². The van der Waals surface area contributed by atoms with Gasteiger partial charge in [0.05, 0.1) is 55.5 Å². The third-order valence-electron chi connectivity index (χ3n) is 25.1. The van der Waals surface area contributed by atoms with Gasteiger partial charge in [-0.2, -0.15) is 0 Å². The first-order valence-electron chi connectivity index (χ1n) is 38.4. The molecule has 0 unspecified atom stereocenters. The van der Waals surface area contributed by atoms with Crippen molar-refractivity contribution in [2.24, 2.45) is 0 Å². The lowest BCUT2D eigenvalue weighted by Gasteiger charge is -2.22. The monoisotopic (exact) mass is 1400 g/mol. The van der Waals surface area contributed by atoms with Crippen LogP contribution in [0.5, 0.6) is 0 Å². The third-order valence-corrected chi connectivity index (χ3v) is 25.1. The smallest absolute Gasteiger partial charge is 0.160 e. The van der Waals surface area contributed by atoms with Gasteiger partial charge in [-0.15, -0.1) is 0 Å². The van der Waals surface area contributed by atoms with Crippen LogP contribution in [0, 0.1) is 0 Å². The summed E-state index contributed by atoms with van der Waals surface area (Å²) in [6, 6.07) is 127. The molecule has 6 heteroatoms. The van der Waals surface area contributed by atoms with E-state index in [1.165, 1.54) is 143 Å². The summed E-state index contributed by atoms with van der Waals surface area (Å²) in [7, 11) is 0. The lowest BCUT2D eigenvalue weighted by atomic mass is 9.82. The predicted octanol–water partition coefficient (Wildman–Crippen LogP) is 26.9. The van der Waals surface area contributed by atoms with Crippen LogP contribution in [-0.4, -0.2) is 28.2 Å². The zero-order valence-electron chi connectivity index (χ0n) is 61.0. The van der Waals surface area contributed by atoms with Crippen molar-refractivity contribution in [2.45, 2.75) is 38.5 Å². The van der Waals surface area contributed by atoms with Crippen LogP contribution in [0.15, 0.2) is 340 Å². The number of hydrogen-bond donors (Lipinski definition) is 0. The molecule has 0 aliphatic heterocycles. The predicted molar refractivity (Wildman–Crippen MR) is 458 cm³/mol. The Balaban J connectivity index is 0.590. The Bertz CT molecular complexity index is 7630. The minimum Gasteiger partial charge on any atom is -0.309 e. The number of benzene rings is 16. The maximum absolute atomic E-state index is 5.67. The van der Waals surface area contributed by atoms with E-state index >= 15 is 0 Å². The lowest BCUT2D eigenvalue weighted by Crippen LogP contribution is -2.15. The Morgan fingerprint density at radius 2 is 0.564 bits per heavy atom. The van der Waals surface area contributed by atoms with E-state index in [9.17, 15) is 0 Å². The summed E-state index contributed by atoms with van der Waals surface area (Å²) in [5.41, 5.74) is 36.4. The van der Waals surface area contributed by atoms with E-state index in [1.54, 1.807) is 0 Å². The van der Waals surface area contributed by atoms with Crippen molar-refractivity contribution in [1.29, 1.82) is 0 Å². The highest BCUT2D eigenvalue weighted by Crippen LogP contribution is 2.54. The first kappa shape index (κ1) is 61.2. The molecule has 6 nitrogen and oxygen atoms in total. The molecule has 24 rings (SSSR count). The largest absolute Gasteiger partial charge is 0.309 e. The van der Waals surface area contributed by atoms with Crippen molar-refractivity contribution < 1.29 is 0 Å². The summed E-state index contributed by atoms with van der Waals surface area (Å²) >= 11 is 0. The van der Waals surface area contributed by atoms with E-state index in [-0.39, 0.29) is 10.8 Å². The van der Waals surface area contributed by atoms with Gasteiger partial charge >= 0.3 is 0 Å². The molecule has 5 aromatic heterocycles. The van der Waals surface area contributed by atoms with Crippen LogP contribution < -0.4 is 0 Å². The van der Waals surface area contributed by atoms with Crippen LogP contribution >= 0.6 is 0 Å². The van der Waals surface area contributed by atoms with Crippen molar-refractivity contribution in [1.82, 2.24) is 28.2 Å². The summed E-state index contributed by atoms with van der Waals surface area (Å²) in [5.74, 6) is 0.683. The highest BCUT2D eigenvalue weighted by atomic mass is 15.0. The van der Waals surface area contributed by atoms with Gasteiger partial charge in [0, 0.05) is 98.9 Å². The highest BCUT2D eigenvalue weighted by Gasteiger charge is 2.38. The number of aromatic nitrogens is 6. The third kappa shape index (κ3) is 8.47. The van der Waals surface area contributed by atoms with Gasteiger partial charge < -0.3 is 18.3 Å². The summed E-state index contributed by atoms with van der Waals surface area (Å²) in [4.78, 5) is 11.3. The Hall–Kier alpha value is -13.9. The highest BCUT2D eigenvalue weighted by molar-refractivity contribution is 6.18. The fourth-order valence-corrected chi connectivity index (χ4v) is 19.9. The quantitative estimate of drug-likeness (QED) is 0.152. The van der Waals surface area contributed by atoms with Crippen LogP contribution in [0.3, 0.4) is 0 Å². The second kappa shape index (κ2) is 22.3. The fourth-order valence-electron chi connectivity index (χ4n) is 19.9. The van der Waals surface area contributed by atoms with Gasteiger partial charge in [-0.25, -0.2) is 9.97 Å². The van der Waals surface area contributed by atoms with Gasteiger partial charge in [-0.05, 0) is 204 Å². The van der Waals surface area contributed by atoms with Crippen LogP contribution in [0.1, 0.15) is 49.9 Å². The molecule has 3 aliphatic carbocycles. The van der Waals surface area contributed by atoms with Crippen molar-refractivity contribution in [2.75, 3.05) is 0 Å². The van der Waals surface area contributed by atoms with Crippen LogP contribution in [0.25, 0.3) is 210 Å². The van der Waals surface area contributed by atoms with Gasteiger partial charge in [0.15, 0.2) is 5.82 Å². The molecule has 0 saturated heterocycles. The average Bonchev–Trinajstić information content (AvgIpc) is 1.57. The van der Waals surface area contributed by atoms with E-state index in [1.807, 2.05) is 0 Å². The van der Waals surface area contributed by atoms with Gasteiger partial charge in [0.1, 0.15) is 0 Å². The van der Waals surface area contributed by atoms with Gasteiger partial charge in [-0.1, -0.05) is 246 Å². The Morgan fingerprint density at radius 1 is 0.218 bits per heavy atom. The summed E-state index contributed by atoms with van der Waals surface area (Å²) in [5, 5.41) is 12.2. The van der Waals surface area contributed by atoms with Gasteiger partial charge in [-0.3, -0.25) is 0 Å². The lowest BCUT2D eigenvalue weighted by molar-refractivity contribution is 0.660. The zero-order chi connectivity index (χ0) is 72.6. The molecule has 21 aromatic rings. The number of nitrogens with zero attached hydrogens (tertiary/aromatic N) is 6. The molecule has 0 amide bonds. The number of para-hydroxylation sites is 4. The number of rotatable bonds is 8. The fraction of sp³-hybridized carbons (Fsp3) is 0.0577. The van der Waals surface area contributed by atoms with E-state index < -0.39 is 0 Å². The van der Waals surface area contributed by atoms with E-state index in [4.69, 9.17) is 9.97 Å². The van der Waals surface area contributed by atoms with Crippen LogP contribution in [0.4, 0.5) is 0 Å². The molecule has 110 heavy (non-hydrogen) atoms. The Kier molecular flexibility index (Phi) is 12.4. The maximum Gasteiger partial charge on any atom is 0.160 e. The molecule has 0 N–H and O–H groups in total. The van der Waals surface area contributed by atoms with E-state index in [2.05, 4.69) is 386 Å². The minimum absolute atomic E-state index is 0.104. The topological polar surface area (TPSA) is 45.5 Å². The zero-order valence-corrected chi connectivity index (χ0v) is 61.0. The summed E-state index contributed by atoms with van der Waals surface area (Å²) < 4.78 is 9.79. The summed E-state index contributed by atoms with van der Waals surface area (Å²) in [6.45, 7) is 9.45.